The van der Waals surface area contributed by atoms with Crippen molar-refractivity contribution < 1.29 is 9.59 Å². The van der Waals surface area contributed by atoms with Crippen molar-refractivity contribution >= 4 is 11.7 Å². The zero-order valence-electron chi connectivity index (χ0n) is 14.5. The van der Waals surface area contributed by atoms with E-state index in [1.165, 1.54) is 6.92 Å². The van der Waals surface area contributed by atoms with Gasteiger partial charge in [0.25, 0.3) is 5.91 Å². The molecule has 128 valence electrons. The number of nitrogens with one attached hydrogen (secondary N) is 2. The molecule has 3 rings (SSSR count). The Kier molecular flexibility index (Phi) is 4.52. The number of nitrogens with zero attached hydrogens (tertiary/aromatic N) is 2. The lowest BCUT2D eigenvalue weighted by Gasteiger charge is -2.10. The maximum Gasteiger partial charge on any atom is 0.268 e. The zero-order valence-corrected chi connectivity index (χ0v) is 14.5. The predicted molar refractivity (Wildman–Crippen MR) is 95.0 cm³/mol. The molecule has 0 aliphatic rings. The van der Waals surface area contributed by atoms with E-state index in [0.717, 1.165) is 11.3 Å². The minimum atomic E-state index is -0.233. The standard InChI is InChI=1S/C19H20N4O2/c1-12-17(14(3)24)13(2)22-18(12)19(25)20-11-15-7-4-5-8-16(15)23-10-6-9-21-23/h4-10,22H,11H2,1-3H3,(H,20,25). The van der Waals surface area contributed by atoms with E-state index in [4.69, 9.17) is 0 Å². The average Bonchev–Trinajstić information content (AvgIpc) is 3.21. The molecule has 6 nitrogen and oxygen atoms in total. The fourth-order valence-corrected chi connectivity index (χ4v) is 3.06. The van der Waals surface area contributed by atoms with Crippen LogP contribution < -0.4 is 5.32 Å². The normalized spacial score (nSPS) is 10.7. The molecule has 25 heavy (non-hydrogen) atoms. The molecule has 1 aromatic carbocycles. The highest BCUT2D eigenvalue weighted by molar-refractivity contribution is 6.02. The summed E-state index contributed by atoms with van der Waals surface area (Å²) in [7, 11) is 0. The maximum atomic E-state index is 12.5. The molecule has 0 aliphatic carbocycles. The summed E-state index contributed by atoms with van der Waals surface area (Å²) in [6.07, 6.45) is 3.57. The molecule has 0 spiro atoms. The second-order valence-corrected chi connectivity index (χ2v) is 5.94. The monoisotopic (exact) mass is 336 g/mol. The summed E-state index contributed by atoms with van der Waals surface area (Å²) in [5.74, 6) is -0.280. The third kappa shape index (κ3) is 3.24. The number of Topliss-reactive ketones (excluding diaryl/α,β-unsaturated/α-hetero) is 1. The van der Waals surface area contributed by atoms with Crippen LogP contribution in [0.15, 0.2) is 42.7 Å². The van der Waals surface area contributed by atoms with Crippen molar-refractivity contribution in [3.63, 3.8) is 0 Å². The number of amides is 1. The van der Waals surface area contributed by atoms with Crippen molar-refractivity contribution in [2.75, 3.05) is 0 Å². The summed E-state index contributed by atoms with van der Waals surface area (Å²) < 4.78 is 1.76. The number of H-pyrrole nitrogens is 1. The van der Waals surface area contributed by atoms with Crippen LogP contribution in [0.25, 0.3) is 5.69 Å². The van der Waals surface area contributed by atoms with Gasteiger partial charge in [0, 0.05) is 30.2 Å². The van der Waals surface area contributed by atoms with Gasteiger partial charge in [0.15, 0.2) is 5.78 Å². The van der Waals surface area contributed by atoms with Gasteiger partial charge >= 0.3 is 0 Å². The van der Waals surface area contributed by atoms with E-state index < -0.39 is 0 Å². The topological polar surface area (TPSA) is 79.8 Å². The van der Waals surface area contributed by atoms with E-state index in [1.807, 2.05) is 36.5 Å². The Balaban J connectivity index is 1.81. The summed E-state index contributed by atoms with van der Waals surface area (Å²) in [6, 6.07) is 9.60. The van der Waals surface area contributed by atoms with Gasteiger partial charge in [-0.3, -0.25) is 9.59 Å². The molecular formula is C19H20N4O2. The van der Waals surface area contributed by atoms with Gasteiger partial charge in [-0.15, -0.1) is 0 Å². The molecule has 1 amide bonds. The first-order valence-corrected chi connectivity index (χ1v) is 8.05. The second-order valence-electron chi connectivity index (χ2n) is 5.94. The highest BCUT2D eigenvalue weighted by Crippen LogP contribution is 2.19. The molecule has 2 N–H and O–H groups in total. The molecule has 0 atom stereocenters. The van der Waals surface area contributed by atoms with Gasteiger partial charge in [-0.05, 0) is 44.0 Å². The van der Waals surface area contributed by atoms with Gasteiger partial charge in [0.05, 0.1) is 5.69 Å². The highest BCUT2D eigenvalue weighted by Gasteiger charge is 2.19. The van der Waals surface area contributed by atoms with E-state index in [0.29, 0.717) is 29.1 Å². The van der Waals surface area contributed by atoms with Gasteiger partial charge in [-0.1, -0.05) is 18.2 Å². The van der Waals surface area contributed by atoms with E-state index in [2.05, 4.69) is 15.4 Å². The molecule has 0 saturated carbocycles. The summed E-state index contributed by atoms with van der Waals surface area (Å²) in [5, 5.41) is 7.16. The molecule has 0 aliphatic heterocycles. The number of hydrogen-bond acceptors (Lipinski definition) is 3. The van der Waals surface area contributed by atoms with Crippen molar-refractivity contribution in [2.24, 2.45) is 0 Å². The van der Waals surface area contributed by atoms with Crippen LogP contribution in [-0.2, 0) is 6.54 Å². The number of hydrogen-bond donors (Lipinski definition) is 2. The second kappa shape index (κ2) is 6.76. The van der Waals surface area contributed by atoms with Crippen LogP contribution in [0, 0.1) is 13.8 Å². The quantitative estimate of drug-likeness (QED) is 0.703. The molecule has 0 unspecified atom stereocenters. The number of ketones is 1. The molecule has 2 heterocycles. The molecule has 0 fully saturated rings. The number of carbonyl (C=O) groups is 2. The first-order valence-electron chi connectivity index (χ1n) is 8.05. The number of aromatic nitrogens is 3. The Labute approximate surface area is 145 Å². The van der Waals surface area contributed by atoms with Crippen LogP contribution in [0.2, 0.25) is 0 Å². The van der Waals surface area contributed by atoms with Crippen molar-refractivity contribution in [3.8, 4) is 5.69 Å². The Morgan fingerprint density at radius 3 is 2.60 bits per heavy atom. The third-order valence-corrected chi connectivity index (χ3v) is 4.20. The third-order valence-electron chi connectivity index (χ3n) is 4.20. The number of aromatic amines is 1. The van der Waals surface area contributed by atoms with E-state index in [-0.39, 0.29) is 11.7 Å². The average molecular weight is 336 g/mol. The number of aryl methyl sites for hydroxylation is 1. The first kappa shape index (κ1) is 16.7. The molecule has 3 aromatic rings. The van der Waals surface area contributed by atoms with Crippen LogP contribution >= 0.6 is 0 Å². The molecular weight excluding hydrogens is 316 g/mol. The van der Waals surface area contributed by atoms with Crippen LogP contribution in [0.5, 0.6) is 0 Å². The van der Waals surface area contributed by atoms with Gasteiger partial charge in [0.1, 0.15) is 5.69 Å². The predicted octanol–water partition coefficient (Wildman–Crippen LogP) is 2.95. The van der Waals surface area contributed by atoms with Crippen LogP contribution in [-0.4, -0.2) is 26.5 Å². The summed E-state index contributed by atoms with van der Waals surface area (Å²) in [6.45, 7) is 5.45. The number of rotatable bonds is 5. The lowest BCUT2D eigenvalue weighted by molar-refractivity contribution is 0.0945. The Morgan fingerprint density at radius 1 is 1.20 bits per heavy atom. The van der Waals surface area contributed by atoms with Crippen LogP contribution in [0.3, 0.4) is 0 Å². The maximum absolute atomic E-state index is 12.5. The van der Waals surface area contributed by atoms with Crippen molar-refractivity contribution in [1.82, 2.24) is 20.1 Å². The minimum absolute atomic E-state index is 0.0469. The van der Waals surface area contributed by atoms with E-state index in [1.54, 1.807) is 24.7 Å². The van der Waals surface area contributed by atoms with E-state index in [9.17, 15) is 9.59 Å². The zero-order chi connectivity index (χ0) is 18.0. The van der Waals surface area contributed by atoms with Gasteiger partial charge in [-0.25, -0.2) is 4.68 Å². The van der Waals surface area contributed by atoms with Gasteiger partial charge in [0.2, 0.25) is 0 Å². The molecule has 0 radical (unpaired) electrons. The Hall–Kier alpha value is -3.15. The summed E-state index contributed by atoms with van der Waals surface area (Å²) in [5.41, 5.74) is 4.28. The number of para-hydroxylation sites is 1. The van der Waals surface area contributed by atoms with E-state index >= 15 is 0 Å². The fourth-order valence-electron chi connectivity index (χ4n) is 3.06. The smallest absolute Gasteiger partial charge is 0.268 e. The summed E-state index contributed by atoms with van der Waals surface area (Å²) in [4.78, 5) is 27.3. The van der Waals surface area contributed by atoms with Crippen LogP contribution in [0.1, 0.15) is 44.6 Å². The molecule has 2 aromatic heterocycles. The van der Waals surface area contributed by atoms with Crippen molar-refractivity contribution in [3.05, 3.63) is 70.8 Å². The Bertz CT molecular complexity index is 923. The van der Waals surface area contributed by atoms with Crippen molar-refractivity contribution in [1.29, 1.82) is 0 Å². The van der Waals surface area contributed by atoms with Gasteiger partial charge < -0.3 is 10.3 Å². The minimum Gasteiger partial charge on any atom is -0.354 e. The highest BCUT2D eigenvalue weighted by atomic mass is 16.2. The fraction of sp³-hybridized carbons (Fsp3) is 0.211. The number of carbonyl (C=O) groups excluding carboxylic acids is 2. The van der Waals surface area contributed by atoms with Crippen molar-refractivity contribution in [2.45, 2.75) is 27.3 Å². The first-order chi connectivity index (χ1) is 12.0. The SMILES string of the molecule is CC(=O)c1c(C)[nH]c(C(=O)NCc2ccccc2-n2cccn2)c1C. The Morgan fingerprint density at radius 2 is 1.96 bits per heavy atom. The van der Waals surface area contributed by atoms with Gasteiger partial charge in [-0.2, -0.15) is 5.10 Å². The molecule has 0 bridgehead atoms. The largest absolute Gasteiger partial charge is 0.354 e. The molecule has 6 heteroatoms. The lowest BCUT2D eigenvalue weighted by atomic mass is 10.1. The summed E-state index contributed by atoms with van der Waals surface area (Å²) >= 11 is 0. The lowest BCUT2D eigenvalue weighted by Crippen LogP contribution is -2.24. The molecule has 0 saturated heterocycles. The van der Waals surface area contributed by atoms with Crippen LogP contribution in [0.4, 0.5) is 0 Å². The number of benzene rings is 1.